The summed E-state index contributed by atoms with van der Waals surface area (Å²) in [7, 11) is 0. The lowest BCUT2D eigenvalue weighted by atomic mass is 9.75. The normalized spacial score (nSPS) is 13.7. The van der Waals surface area contributed by atoms with Gasteiger partial charge in [-0.05, 0) is 59.7 Å². The highest BCUT2D eigenvalue weighted by molar-refractivity contribution is 6.12. The van der Waals surface area contributed by atoms with Crippen molar-refractivity contribution < 1.29 is 0 Å². The molecule has 0 unspecified atom stereocenters. The summed E-state index contributed by atoms with van der Waals surface area (Å²) in [6.07, 6.45) is 7.40. The van der Waals surface area contributed by atoms with Gasteiger partial charge in [0.2, 0.25) is 0 Å². The molecule has 0 amide bonds. The van der Waals surface area contributed by atoms with Gasteiger partial charge in [0.05, 0.1) is 40.5 Å². The van der Waals surface area contributed by atoms with Crippen molar-refractivity contribution in [3.05, 3.63) is 121 Å². The van der Waals surface area contributed by atoms with E-state index in [1.54, 1.807) is 12.4 Å². The van der Waals surface area contributed by atoms with E-state index < -0.39 is 0 Å². The van der Waals surface area contributed by atoms with Crippen LogP contribution in [0.3, 0.4) is 0 Å². The van der Waals surface area contributed by atoms with E-state index in [-0.39, 0.29) is 5.41 Å². The Bertz CT molecular complexity index is 1680. The molecule has 0 N–H and O–H groups in total. The van der Waals surface area contributed by atoms with E-state index in [1.807, 2.05) is 24.5 Å². The molecule has 3 aromatic heterocycles. The first-order valence-electron chi connectivity index (χ1n) is 11.9. The van der Waals surface area contributed by atoms with Crippen molar-refractivity contribution in [3.63, 3.8) is 0 Å². The molecule has 4 heteroatoms. The van der Waals surface area contributed by atoms with Gasteiger partial charge < -0.3 is 9.47 Å². The van der Waals surface area contributed by atoms with Gasteiger partial charge in [-0.25, -0.2) is 0 Å². The van der Waals surface area contributed by atoms with Gasteiger partial charge in [0, 0.05) is 34.3 Å². The van der Waals surface area contributed by atoms with Crippen molar-refractivity contribution in [2.75, 3.05) is 4.90 Å². The fourth-order valence-electron chi connectivity index (χ4n) is 5.71. The van der Waals surface area contributed by atoms with Crippen LogP contribution in [0.5, 0.6) is 0 Å². The Hall–Kier alpha value is -4.44. The lowest BCUT2D eigenvalue weighted by Crippen LogP contribution is -2.26. The number of fused-ring (bicyclic) bond motifs is 5. The van der Waals surface area contributed by atoms with E-state index in [0.717, 1.165) is 17.1 Å². The zero-order valence-electron chi connectivity index (χ0n) is 19.7. The third-order valence-corrected chi connectivity index (χ3v) is 7.33. The van der Waals surface area contributed by atoms with Gasteiger partial charge in [0.1, 0.15) is 0 Å². The topological polar surface area (TPSA) is 34.0 Å². The van der Waals surface area contributed by atoms with Crippen molar-refractivity contribution in [2.24, 2.45) is 0 Å². The van der Waals surface area contributed by atoms with Crippen molar-refractivity contribution in [1.82, 2.24) is 14.5 Å². The van der Waals surface area contributed by atoms with E-state index in [1.165, 1.54) is 38.6 Å². The Kier molecular flexibility index (Phi) is 4.15. The Morgan fingerprint density at radius 1 is 0.657 bits per heavy atom. The predicted octanol–water partition coefficient (Wildman–Crippen LogP) is 7.68. The smallest absolute Gasteiger partial charge is 0.0645 e. The Balaban J connectivity index is 1.55. The number of nitrogens with zero attached hydrogens (tertiary/aromatic N) is 4. The Morgan fingerprint density at radius 3 is 2.09 bits per heavy atom. The number of hydrogen-bond donors (Lipinski definition) is 0. The second-order valence-electron chi connectivity index (χ2n) is 9.64. The molecule has 4 nitrogen and oxygen atoms in total. The average Bonchev–Trinajstić information content (AvgIpc) is 3.23. The van der Waals surface area contributed by atoms with Crippen LogP contribution < -0.4 is 4.90 Å². The summed E-state index contributed by atoms with van der Waals surface area (Å²) in [4.78, 5) is 11.0. The summed E-state index contributed by atoms with van der Waals surface area (Å²) in [6, 6.07) is 30.4. The van der Waals surface area contributed by atoms with E-state index in [9.17, 15) is 0 Å². The zero-order chi connectivity index (χ0) is 23.6. The van der Waals surface area contributed by atoms with Gasteiger partial charge >= 0.3 is 0 Å². The van der Waals surface area contributed by atoms with Crippen LogP contribution in [0.4, 0.5) is 17.1 Å². The molecule has 168 valence electrons. The molecule has 3 aromatic carbocycles. The molecule has 0 bridgehead atoms. The number of benzene rings is 3. The zero-order valence-corrected chi connectivity index (χ0v) is 19.7. The summed E-state index contributed by atoms with van der Waals surface area (Å²) in [5.41, 5.74) is 9.52. The Labute approximate surface area is 204 Å². The second kappa shape index (κ2) is 7.28. The molecule has 0 aliphatic carbocycles. The van der Waals surface area contributed by atoms with Gasteiger partial charge in [-0.3, -0.25) is 9.97 Å². The van der Waals surface area contributed by atoms with E-state index in [2.05, 4.69) is 106 Å². The van der Waals surface area contributed by atoms with Crippen LogP contribution in [0.1, 0.15) is 25.0 Å². The maximum atomic E-state index is 4.38. The summed E-state index contributed by atoms with van der Waals surface area (Å²) in [6.45, 7) is 4.67. The highest BCUT2D eigenvalue weighted by Gasteiger charge is 2.34. The molecule has 1 aliphatic heterocycles. The summed E-state index contributed by atoms with van der Waals surface area (Å²) >= 11 is 0. The maximum Gasteiger partial charge on any atom is 0.0645 e. The van der Waals surface area contributed by atoms with Gasteiger partial charge in [-0.1, -0.05) is 50.2 Å². The standard InChI is InChI=1S/C31H24N4/c1-31(2)26-11-3-4-13-29(26)35-28-15-14-21(18-25(28)24-10-5-12-27(31)30(24)35)34(22-8-6-16-32-19-22)23-9-7-17-33-20-23/h3-20H,1-2H3. The monoisotopic (exact) mass is 452 g/mol. The number of anilines is 3. The number of rotatable bonds is 3. The summed E-state index contributed by atoms with van der Waals surface area (Å²) < 4.78 is 2.45. The average molecular weight is 453 g/mol. The van der Waals surface area contributed by atoms with Crippen LogP contribution in [0.15, 0.2) is 110 Å². The third kappa shape index (κ3) is 2.80. The van der Waals surface area contributed by atoms with Gasteiger partial charge in [-0.15, -0.1) is 0 Å². The fraction of sp³-hybridized carbons (Fsp3) is 0.0968. The molecule has 1 aliphatic rings. The van der Waals surface area contributed by atoms with Crippen LogP contribution in [0.2, 0.25) is 0 Å². The minimum Gasteiger partial charge on any atom is -0.309 e. The minimum absolute atomic E-state index is 0.0687. The third-order valence-electron chi connectivity index (χ3n) is 7.33. The number of para-hydroxylation sites is 2. The highest BCUT2D eigenvalue weighted by Crippen LogP contribution is 2.48. The fourth-order valence-corrected chi connectivity index (χ4v) is 5.71. The van der Waals surface area contributed by atoms with E-state index in [0.29, 0.717) is 0 Å². The molecule has 0 fully saturated rings. The first-order chi connectivity index (χ1) is 17.1. The van der Waals surface area contributed by atoms with E-state index in [4.69, 9.17) is 0 Å². The number of aromatic nitrogens is 3. The largest absolute Gasteiger partial charge is 0.309 e. The highest BCUT2D eigenvalue weighted by atomic mass is 15.2. The van der Waals surface area contributed by atoms with Crippen LogP contribution in [0.25, 0.3) is 27.5 Å². The SMILES string of the molecule is CC1(C)c2ccccc2-n2c3ccc(N(c4cccnc4)c4cccnc4)cc3c3cccc1c32. The molecule has 0 radical (unpaired) electrons. The first-order valence-corrected chi connectivity index (χ1v) is 11.9. The molecule has 35 heavy (non-hydrogen) atoms. The van der Waals surface area contributed by atoms with Gasteiger partial charge in [0.25, 0.3) is 0 Å². The Morgan fingerprint density at radius 2 is 1.37 bits per heavy atom. The van der Waals surface area contributed by atoms with Crippen molar-refractivity contribution in [3.8, 4) is 5.69 Å². The molecule has 7 rings (SSSR count). The number of pyridine rings is 2. The molecule has 0 spiro atoms. The molecule has 0 saturated carbocycles. The predicted molar refractivity (Wildman–Crippen MR) is 143 cm³/mol. The molecular formula is C31H24N4. The molecule has 0 saturated heterocycles. The van der Waals surface area contributed by atoms with Gasteiger partial charge in [-0.2, -0.15) is 0 Å². The first kappa shape index (κ1) is 20.0. The van der Waals surface area contributed by atoms with Crippen LogP contribution in [-0.2, 0) is 5.41 Å². The van der Waals surface area contributed by atoms with E-state index >= 15 is 0 Å². The molecule has 0 atom stereocenters. The van der Waals surface area contributed by atoms with Crippen LogP contribution in [0, 0.1) is 0 Å². The van der Waals surface area contributed by atoms with Crippen LogP contribution in [-0.4, -0.2) is 14.5 Å². The summed E-state index contributed by atoms with van der Waals surface area (Å²) in [5.74, 6) is 0. The summed E-state index contributed by atoms with van der Waals surface area (Å²) in [5, 5.41) is 2.52. The van der Waals surface area contributed by atoms with Crippen LogP contribution >= 0.6 is 0 Å². The maximum absolute atomic E-state index is 4.38. The van der Waals surface area contributed by atoms with Crippen molar-refractivity contribution >= 4 is 38.9 Å². The van der Waals surface area contributed by atoms with Crippen molar-refractivity contribution in [2.45, 2.75) is 19.3 Å². The molecule has 4 heterocycles. The number of hydrogen-bond acceptors (Lipinski definition) is 3. The van der Waals surface area contributed by atoms with Crippen molar-refractivity contribution in [1.29, 1.82) is 0 Å². The van der Waals surface area contributed by atoms with Gasteiger partial charge in [0.15, 0.2) is 0 Å². The molecular weight excluding hydrogens is 428 g/mol. The molecule has 6 aromatic rings. The quantitative estimate of drug-likeness (QED) is 0.276. The lowest BCUT2D eigenvalue weighted by molar-refractivity contribution is 0.630. The second-order valence-corrected chi connectivity index (χ2v) is 9.64. The lowest BCUT2D eigenvalue weighted by Gasteiger charge is -2.34. The minimum atomic E-state index is -0.0687.